The van der Waals surface area contributed by atoms with Gasteiger partial charge in [0.2, 0.25) is 0 Å². The molecule has 0 amide bonds. The van der Waals surface area contributed by atoms with Gasteiger partial charge in [0.1, 0.15) is 5.92 Å². The predicted octanol–water partition coefficient (Wildman–Crippen LogP) is 4.34. The minimum Gasteiger partial charge on any atom is -0.170 e. The summed E-state index contributed by atoms with van der Waals surface area (Å²) in [5.41, 5.74) is 0.228. The number of hydrogen-bond donors (Lipinski definition) is 0. The molecule has 0 saturated carbocycles. The molecule has 0 heterocycles. The Morgan fingerprint density at radius 3 is 2.19 bits per heavy atom. The Morgan fingerprint density at radius 2 is 1.56 bits per heavy atom. The number of hydrogen-bond acceptors (Lipinski definition) is 0. The lowest BCUT2D eigenvalue weighted by molar-refractivity contribution is -0.108. The van der Waals surface area contributed by atoms with Gasteiger partial charge in [-0.25, -0.2) is 0 Å². The summed E-state index contributed by atoms with van der Waals surface area (Å²) in [5.74, 6) is -0.557. The molecule has 0 aliphatic carbocycles. The van der Waals surface area contributed by atoms with Gasteiger partial charge in [-0.2, -0.15) is 13.2 Å². The second-order valence-electron chi connectivity index (χ2n) is 3.68. The number of benzene rings is 2. The van der Waals surface area contributed by atoms with Crippen LogP contribution in [0.1, 0.15) is 12.5 Å². The first kappa shape index (κ1) is 11.0. The summed E-state index contributed by atoms with van der Waals surface area (Å²) in [6.07, 6.45) is -4.26. The quantitative estimate of drug-likeness (QED) is 0.674. The Labute approximate surface area is 91.7 Å². The number of halogens is 3. The monoisotopic (exact) mass is 223 g/mol. The Kier molecular flexibility index (Phi) is 2.62. The average molecular weight is 223 g/mol. The maximum Gasteiger partial charge on any atom is 0.399 e. The molecule has 16 heavy (non-hydrogen) atoms. The number of alkyl halides is 3. The van der Waals surface area contributed by atoms with Crippen LogP contribution in [-0.2, 0) is 0 Å². The van der Waals surface area contributed by atoms with Crippen LogP contribution in [0.5, 0.6) is 0 Å². The molecule has 2 rings (SSSR count). The topological polar surface area (TPSA) is 0 Å². The molecule has 0 aliphatic heterocycles. The first-order valence-corrected chi connectivity index (χ1v) is 4.88. The normalized spacial score (nSPS) is 12.3. The van der Waals surface area contributed by atoms with E-state index in [9.17, 15) is 13.2 Å². The van der Waals surface area contributed by atoms with Crippen molar-refractivity contribution >= 4 is 10.8 Å². The molecule has 0 N–H and O–H groups in total. The highest BCUT2D eigenvalue weighted by Gasteiger charge is 2.37. The van der Waals surface area contributed by atoms with Crippen molar-refractivity contribution in [1.82, 2.24) is 0 Å². The Balaban J connectivity index is 2.47. The second kappa shape index (κ2) is 3.81. The lowest BCUT2D eigenvalue weighted by Gasteiger charge is -2.15. The third kappa shape index (κ3) is 2.03. The molecule has 0 nitrogen and oxygen atoms in total. The minimum atomic E-state index is -4.26. The van der Waals surface area contributed by atoms with Crippen LogP contribution >= 0.6 is 0 Å². The Hall–Kier alpha value is -1.51. The smallest absolute Gasteiger partial charge is 0.170 e. The van der Waals surface area contributed by atoms with Crippen molar-refractivity contribution < 1.29 is 13.2 Å². The largest absolute Gasteiger partial charge is 0.399 e. The van der Waals surface area contributed by atoms with Crippen LogP contribution < -0.4 is 0 Å². The van der Waals surface area contributed by atoms with Gasteiger partial charge in [-0.05, 0) is 23.3 Å². The van der Waals surface area contributed by atoms with Gasteiger partial charge >= 0.3 is 6.18 Å². The maximum absolute atomic E-state index is 12.5. The molecule has 0 atom stereocenters. The predicted molar refractivity (Wildman–Crippen MR) is 58.0 cm³/mol. The molecule has 0 spiro atoms. The van der Waals surface area contributed by atoms with E-state index in [4.69, 9.17) is 0 Å². The lowest BCUT2D eigenvalue weighted by atomic mass is 9.97. The zero-order valence-corrected chi connectivity index (χ0v) is 8.68. The standard InChI is InChI=1S/C13H10F3/c1-9(13(14,15)16)11-7-6-10-4-2-3-5-12(10)8-11/h2-8H,1H3. The summed E-state index contributed by atoms with van der Waals surface area (Å²) in [5, 5.41) is 1.77. The van der Waals surface area contributed by atoms with Crippen LogP contribution in [0, 0.1) is 5.92 Å². The van der Waals surface area contributed by atoms with Crippen LogP contribution in [0.2, 0.25) is 0 Å². The summed E-state index contributed by atoms with van der Waals surface area (Å²) in [6, 6.07) is 12.1. The van der Waals surface area contributed by atoms with Gasteiger partial charge in [0.25, 0.3) is 0 Å². The lowest BCUT2D eigenvalue weighted by Crippen LogP contribution is -2.18. The van der Waals surface area contributed by atoms with Crippen molar-refractivity contribution in [2.75, 3.05) is 0 Å². The molecule has 1 radical (unpaired) electrons. The van der Waals surface area contributed by atoms with E-state index >= 15 is 0 Å². The minimum absolute atomic E-state index is 0.228. The molecule has 0 aliphatic rings. The van der Waals surface area contributed by atoms with Gasteiger partial charge in [-0.3, -0.25) is 0 Å². The van der Waals surface area contributed by atoms with E-state index in [1.165, 1.54) is 6.07 Å². The van der Waals surface area contributed by atoms with Crippen molar-refractivity contribution in [3.63, 3.8) is 0 Å². The van der Waals surface area contributed by atoms with Gasteiger partial charge in [0, 0.05) is 0 Å². The zero-order valence-electron chi connectivity index (χ0n) is 8.68. The van der Waals surface area contributed by atoms with E-state index < -0.39 is 12.1 Å². The van der Waals surface area contributed by atoms with E-state index in [1.807, 2.05) is 24.3 Å². The van der Waals surface area contributed by atoms with E-state index in [0.717, 1.165) is 17.7 Å². The fourth-order valence-corrected chi connectivity index (χ4v) is 1.59. The van der Waals surface area contributed by atoms with Crippen LogP contribution in [0.4, 0.5) is 13.2 Å². The van der Waals surface area contributed by atoms with Crippen LogP contribution in [0.25, 0.3) is 10.8 Å². The SMILES string of the molecule is C[C](c1ccc2ccccc2c1)C(F)(F)F. The maximum atomic E-state index is 12.5. The fourth-order valence-electron chi connectivity index (χ4n) is 1.59. The average Bonchev–Trinajstić information content (AvgIpc) is 2.26. The first-order chi connectivity index (χ1) is 7.48. The van der Waals surface area contributed by atoms with Crippen molar-refractivity contribution in [3.05, 3.63) is 53.9 Å². The van der Waals surface area contributed by atoms with Crippen molar-refractivity contribution in [2.24, 2.45) is 0 Å². The summed E-state index contributed by atoms with van der Waals surface area (Å²) in [6.45, 7) is 1.10. The van der Waals surface area contributed by atoms with E-state index in [2.05, 4.69) is 0 Å². The Morgan fingerprint density at radius 1 is 0.938 bits per heavy atom. The van der Waals surface area contributed by atoms with Gasteiger partial charge in [-0.15, -0.1) is 0 Å². The Bertz CT molecular complexity index is 500. The summed E-state index contributed by atoms with van der Waals surface area (Å²) in [4.78, 5) is 0. The molecule has 0 aromatic heterocycles. The van der Waals surface area contributed by atoms with Crippen molar-refractivity contribution in [3.8, 4) is 0 Å². The molecule has 0 fully saturated rings. The summed E-state index contributed by atoms with van der Waals surface area (Å²) >= 11 is 0. The van der Waals surface area contributed by atoms with Gasteiger partial charge < -0.3 is 0 Å². The zero-order chi connectivity index (χ0) is 11.8. The first-order valence-electron chi connectivity index (χ1n) is 4.88. The van der Waals surface area contributed by atoms with Gasteiger partial charge in [-0.1, -0.05) is 42.5 Å². The molecule has 83 valence electrons. The molecular weight excluding hydrogens is 213 g/mol. The highest BCUT2D eigenvalue weighted by Crippen LogP contribution is 2.34. The van der Waals surface area contributed by atoms with Crippen LogP contribution in [-0.4, -0.2) is 6.18 Å². The third-order valence-electron chi connectivity index (χ3n) is 2.61. The van der Waals surface area contributed by atoms with Gasteiger partial charge in [0.15, 0.2) is 0 Å². The van der Waals surface area contributed by atoms with Gasteiger partial charge in [0.05, 0.1) is 0 Å². The molecule has 2 aromatic rings. The molecular formula is C13H10F3. The van der Waals surface area contributed by atoms with E-state index in [-0.39, 0.29) is 5.56 Å². The molecule has 2 aromatic carbocycles. The van der Waals surface area contributed by atoms with E-state index in [0.29, 0.717) is 0 Å². The highest BCUT2D eigenvalue weighted by atomic mass is 19.4. The summed E-state index contributed by atoms with van der Waals surface area (Å²) < 4.78 is 37.5. The number of fused-ring (bicyclic) bond motifs is 1. The highest BCUT2D eigenvalue weighted by molar-refractivity contribution is 5.83. The number of rotatable bonds is 1. The van der Waals surface area contributed by atoms with Crippen molar-refractivity contribution in [2.45, 2.75) is 13.1 Å². The van der Waals surface area contributed by atoms with E-state index in [1.54, 1.807) is 12.1 Å². The third-order valence-corrected chi connectivity index (χ3v) is 2.61. The fraction of sp³-hybridized carbons (Fsp3) is 0.154. The molecule has 0 bridgehead atoms. The van der Waals surface area contributed by atoms with Crippen molar-refractivity contribution in [1.29, 1.82) is 0 Å². The van der Waals surface area contributed by atoms with Crippen LogP contribution in [0.15, 0.2) is 42.5 Å². The van der Waals surface area contributed by atoms with Crippen LogP contribution in [0.3, 0.4) is 0 Å². The molecule has 3 heteroatoms. The molecule has 0 saturated heterocycles. The molecule has 0 unspecified atom stereocenters. The second-order valence-corrected chi connectivity index (χ2v) is 3.68. The summed E-state index contributed by atoms with van der Waals surface area (Å²) in [7, 11) is 0.